The number of rotatable bonds is 6. The van der Waals surface area contributed by atoms with Crippen LogP contribution in [-0.2, 0) is 4.74 Å². The molecule has 0 bridgehead atoms. The van der Waals surface area contributed by atoms with E-state index in [2.05, 4.69) is 20.5 Å². The van der Waals surface area contributed by atoms with Gasteiger partial charge in [-0.1, -0.05) is 12.1 Å². The largest absolute Gasteiger partial charge is 0.435 e. The summed E-state index contributed by atoms with van der Waals surface area (Å²) in [5, 5.41) is 10.4. The van der Waals surface area contributed by atoms with Crippen LogP contribution in [0.15, 0.2) is 54.7 Å². The van der Waals surface area contributed by atoms with E-state index in [1.165, 1.54) is 18.3 Å². The average Bonchev–Trinajstić information content (AvgIpc) is 3.16. The van der Waals surface area contributed by atoms with Crippen LogP contribution in [0.25, 0.3) is 5.69 Å². The van der Waals surface area contributed by atoms with E-state index >= 15 is 0 Å². The fourth-order valence-electron chi connectivity index (χ4n) is 3.42. The van der Waals surface area contributed by atoms with Crippen molar-refractivity contribution >= 4 is 11.6 Å². The van der Waals surface area contributed by atoms with Crippen molar-refractivity contribution in [2.75, 3.05) is 25.0 Å². The van der Waals surface area contributed by atoms with Crippen LogP contribution in [0.2, 0.25) is 0 Å². The first-order valence-electron chi connectivity index (χ1n) is 9.85. The third-order valence-corrected chi connectivity index (χ3v) is 5.03. The third kappa shape index (κ3) is 4.89. The van der Waals surface area contributed by atoms with Gasteiger partial charge in [-0.05, 0) is 48.9 Å². The van der Waals surface area contributed by atoms with E-state index in [1.54, 1.807) is 23.7 Å². The second kappa shape index (κ2) is 9.23. The molecule has 0 radical (unpaired) electrons. The highest BCUT2D eigenvalue weighted by atomic mass is 19.3. The number of amides is 1. The van der Waals surface area contributed by atoms with E-state index in [1.807, 2.05) is 24.3 Å². The monoisotopic (exact) mass is 428 g/mol. The summed E-state index contributed by atoms with van der Waals surface area (Å²) in [5.41, 5.74) is 3.38. The van der Waals surface area contributed by atoms with Crippen LogP contribution in [0.3, 0.4) is 0 Å². The Kier molecular flexibility index (Phi) is 6.24. The van der Waals surface area contributed by atoms with Gasteiger partial charge in [0.25, 0.3) is 5.91 Å². The van der Waals surface area contributed by atoms with Gasteiger partial charge >= 0.3 is 6.61 Å². The lowest BCUT2D eigenvalue weighted by atomic mass is 10.1. The molecule has 2 heterocycles. The first-order chi connectivity index (χ1) is 15.0. The van der Waals surface area contributed by atoms with E-state index in [-0.39, 0.29) is 17.8 Å². The SMILES string of the molecule is Cc1c(C(=O)Nc2ccc([C@H]3CNCCO3)cc2)cnn1-c1ccc(OC(F)F)cc1. The van der Waals surface area contributed by atoms with Crippen molar-refractivity contribution in [3.63, 3.8) is 0 Å². The molecule has 4 rings (SSSR count). The minimum absolute atomic E-state index is 0.0106. The van der Waals surface area contributed by atoms with E-state index in [9.17, 15) is 13.6 Å². The summed E-state index contributed by atoms with van der Waals surface area (Å²) in [6.07, 6.45) is 1.49. The molecule has 0 saturated carbocycles. The number of alkyl halides is 2. The van der Waals surface area contributed by atoms with Crippen molar-refractivity contribution in [1.82, 2.24) is 15.1 Å². The van der Waals surface area contributed by atoms with Crippen LogP contribution in [0.1, 0.15) is 27.7 Å². The zero-order valence-electron chi connectivity index (χ0n) is 16.8. The van der Waals surface area contributed by atoms with Crippen LogP contribution in [0.5, 0.6) is 5.75 Å². The van der Waals surface area contributed by atoms with Crippen molar-refractivity contribution in [3.05, 3.63) is 71.5 Å². The first kappa shape index (κ1) is 21.0. The van der Waals surface area contributed by atoms with Crippen LogP contribution in [0, 0.1) is 6.92 Å². The highest BCUT2D eigenvalue weighted by Crippen LogP contribution is 2.22. The molecule has 1 aliphatic rings. The Labute approximate surface area is 178 Å². The number of benzene rings is 2. The third-order valence-electron chi connectivity index (χ3n) is 5.03. The zero-order valence-corrected chi connectivity index (χ0v) is 16.8. The van der Waals surface area contributed by atoms with E-state index < -0.39 is 6.61 Å². The van der Waals surface area contributed by atoms with Crippen molar-refractivity contribution in [3.8, 4) is 11.4 Å². The number of anilines is 1. The number of halogens is 2. The molecule has 0 unspecified atom stereocenters. The summed E-state index contributed by atoms with van der Waals surface area (Å²) in [7, 11) is 0. The van der Waals surface area contributed by atoms with E-state index in [0.717, 1.165) is 18.7 Å². The Hall–Kier alpha value is -3.30. The number of nitrogens with zero attached hydrogens (tertiary/aromatic N) is 2. The number of morpholine rings is 1. The molecule has 1 atom stereocenters. The van der Waals surface area contributed by atoms with Gasteiger partial charge in [0.2, 0.25) is 0 Å². The average molecular weight is 428 g/mol. The maximum atomic E-state index is 12.7. The molecule has 1 fully saturated rings. The van der Waals surface area contributed by atoms with Gasteiger partial charge in [-0.25, -0.2) is 4.68 Å². The predicted octanol–water partition coefficient (Wildman–Crippen LogP) is 3.70. The fourth-order valence-corrected chi connectivity index (χ4v) is 3.42. The molecule has 1 aromatic heterocycles. The van der Waals surface area contributed by atoms with Crippen LogP contribution >= 0.6 is 0 Å². The first-order valence-corrected chi connectivity index (χ1v) is 9.85. The van der Waals surface area contributed by atoms with Crippen LogP contribution < -0.4 is 15.4 Å². The van der Waals surface area contributed by atoms with Gasteiger partial charge < -0.3 is 20.1 Å². The molecule has 31 heavy (non-hydrogen) atoms. The summed E-state index contributed by atoms with van der Waals surface area (Å²) in [6.45, 7) is 1.18. The fraction of sp³-hybridized carbons (Fsp3) is 0.273. The Morgan fingerprint density at radius 2 is 1.97 bits per heavy atom. The molecule has 0 aliphatic carbocycles. The molecule has 2 N–H and O–H groups in total. The van der Waals surface area contributed by atoms with Crippen molar-refractivity contribution in [2.24, 2.45) is 0 Å². The molecular formula is C22H22F2N4O3. The zero-order chi connectivity index (χ0) is 21.8. The smallest absolute Gasteiger partial charge is 0.387 e. The summed E-state index contributed by atoms with van der Waals surface area (Å²) >= 11 is 0. The van der Waals surface area contributed by atoms with Crippen LogP contribution in [0.4, 0.5) is 14.5 Å². The minimum atomic E-state index is -2.88. The van der Waals surface area contributed by atoms with Gasteiger partial charge in [0.15, 0.2) is 0 Å². The minimum Gasteiger partial charge on any atom is -0.435 e. The van der Waals surface area contributed by atoms with Gasteiger partial charge in [-0.3, -0.25) is 4.79 Å². The number of aromatic nitrogens is 2. The molecule has 3 aromatic rings. The number of hydrogen-bond donors (Lipinski definition) is 2. The van der Waals surface area contributed by atoms with Crippen LogP contribution in [-0.4, -0.2) is 42.0 Å². The van der Waals surface area contributed by atoms with Gasteiger partial charge in [0.05, 0.1) is 35.9 Å². The Morgan fingerprint density at radius 1 is 1.23 bits per heavy atom. The normalized spacial score (nSPS) is 16.3. The maximum absolute atomic E-state index is 12.7. The van der Waals surface area contributed by atoms with E-state index in [4.69, 9.17) is 4.74 Å². The number of carbonyl (C=O) groups excluding carboxylic acids is 1. The Morgan fingerprint density at radius 3 is 2.61 bits per heavy atom. The number of nitrogens with one attached hydrogen (secondary N) is 2. The lowest BCUT2D eigenvalue weighted by molar-refractivity contribution is -0.0498. The molecule has 9 heteroatoms. The lowest BCUT2D eigenvalue weighted by Crippen LogP contribution is -2.33. The number of carbonyl (C=O) groups is 1. The molecule has 1 aliphatic heterocycles. The standard InChI is InChI=1S/C22H22F2N4O3/c1-14-19(12-26-28(14)17-6-8-18(9-7-17)31-22(23)24)21(29)27-16-4-2-15(3-5-16)20-13-25-10-11-30-20/h2-9,12,20,22,25H,10-11,13H2,1H3,(H,27,29)/t20-/m1/s1. The maximum Gasteiger partial charge on any atom is 0.387 e. The summed E-state index contributed by atoms with van der Waals surface area (Å²) < 4.78 is 36.3. The molecule has 1 amide bonds. The van der Waals surface area contributed by atoms with Gasteiger partial charge in [0, 0.05) is 18.8 Å². The second-order valence-corrected chi connectivity index (χ2v) is 7.07. The predicted molar refractivity (Wildman–Crippen MR) is 111 cm³/mol. The quantitative estimate of drug-likeness (QED) is 0.626. The summed E-state index contributed by atoms with van der Waals surface area (Å²) in [5.74, 6) is -0.232. The highest BCUT2D eigenvalue weighted by Gasteiger charge is 2.18. The number of hydrogen-bond acceptors (Lipinski definition) is 5. The molecule has 162 valence electrons. The molecule has 0 spiro atoms. The Balaban J connectivity index is 1.44. The lowest BCUT2D eigenvalue weighted by Gasteiger charge is -2.24. The van der Waals surface area contributed by atoms with Crippen molar-refractivity contribution in [2.45, 2.75) is 19.6 Å². The molecule has 2 aromatic carbocycles. The molecular weight excluding hydrogens is 406 g/mol. The summed E-state index contributed by atoms with van der Waals surface area (Å²) in [4.78, 5) is 12.7. The van der Waals surface area contributed by atoms with E-state index in [0.29, 0.717) is 29.2 Å². The van der Waals surface area contributed by atoms with Gasteiger partial charge in [-0.15, -0.1) is 0 Å². The van der Waals surface area contributed by atoms with Crippen molar-refractivity contribution < 1.29 is 23.0 Å². The number of ether oxygens (including phenoxy) is 2. The van der Waals surface area contributed by atoms with Gasteiger partial charge in [-0.2, -0.15) is 13.9 Å². The van der Waals surface area contributed by atoms with Gasteiger partial charge in [0.1, 0.15) is 5.75 Å². The molecule has 7 nitrogen and oxygen atoms in total. The summed E-state index contributed by atoms with van der Waals surface area (Å²) in [6, 6.07) is 13.6. The van der Waals surface area contributed by atoms with Crippen molar-refractivity contribution in [1.29, 1.82) is 0 Å². The highest BCUT2D eigenvalue weighted by molar-refractivity contribution is 6.05. The topological polar surface area (TPSA) is 77.4 Å². The molecule has 1 saturated heterocycles. The Bertz CT molecular complexity index is 1030. The second-order valence-electron chi connectivity index (χ2n) is 7.07.